The Bertz CT molecular complexity index is 826. The van der Waals surface area contributed by atoms with Crippen LogP contribution in [0.1, 0.15) is 29.0 Å². The van der Waals surface area contributed by atoms with Gasteiger partial charge in [0.1, 0.15) is 0 Å². The summed E-state index contributed by atoms with van der Waals surface area (Å²) in [5.74, 6) is -0.112. The minimum absolute atomic E-state index is 0.0382. The number of amides is 1. The van der Waals surface area contributed by atoms with E-state index in [2.05, 4.69) is 5.32 Å². The average molecular weight is 384 g/mol. The Hall–Kier alpha value is -2.29. The summed E-state index contributed by atoms with van der Waals surface area (Å²) in [7, 11) is 0. The second-order valence-corrected chi connectivity index (χ2v) is 7.15. The van der Waals surface area contributed by atoms with Crippen molar-refractivity contribution in [3.63, 3.8) is 0 Å². The number of anilines is 1. The van der Waals surface area contributed by atoms with E-state index in [1.165, 1.54) is 0 Å². The molecule has 0 aliphatic carbocycles. The largest absolute Gasteiger partial charge is 0.326 e. The molecule has 0 radical (unpaired) electrons. The Morgan fingerprint density at radius 2 is 1.27 bits per heavy atom. The first-order chi connectivity index (χ1) is 12.5. The number of rotatable bonds is 5. The fourth-order valence-electron chi connectivity index (χ4n) is 2.85. The van der Waals surface area contributed by atoms with Crippen molar-refractivity contribution in [2.45, 2.75) is 19.3 Å². The van der Waals surface area contributed by atoms with Gasteiger partial charge in [0.2, 0.25) is 5.91 Å². The third-order valence-electron chi connectivity index (χ3n) is 4.27. The molecule has 132 valence electrons. The van der Waals surface area contributed by atoms with Crippen LogP contribution in [0.4, 0.5) is 5.69 Å². The monoisotopic (exact) mass is 383 g/mol. The van der Waals surface area contributed by atoms with Gasteiger partial charge in [-0.3, -0.25) is 4.79 Å². The van der Waals surface area contributed by atoms with E-state index in [4.69, 9.17) is 23.2 Å². The number of halogens is 2. The van der Waals surface area contributed by atoms with Gasteiger partial charge >= 0.3 is 0 Å². The molecule has 0 saturated carbocycles. The SMILES string of the molecule is Cc1ccc(NC(=O)CC(c2ccc(Cl)cc2)c2ccc(Cl)cc2)cc1. The maximum Gasteiger partial charge on any atom is 0.225 e. The van der Waals surface area contributed by atoms with Gasteiger partial charge in [0.25, 0.3) is 0 Å². The van der Waals surface area contributed by atoms with Crippen LogP contribution in [-0.4, -0.2) is 5.91 Å². The molecule has 3 aromatic rings. The smallest absolute Gasteiger partial charge is 0.225 e. The number of carbonyl (C=O) groups excluding carboxylic acids is 1. The summed E-state index contributed by atoms with van der Waals surface area (Å²) in [6, 6.07) is 23.0. The zero-order valence-electron chi connectivity index (χ0n) is 14.4. The first-order valence-corrected chi connectivity index (χ1v) is 9.14. The molecule has 0 aromatic heterocycles. The molecule has 0 aliphatic rings. The van der Waals surface area contributed by atoms with Crippen LogP contribution < -0.4 is 5.32 Å². The van der Waals surface area contributed by atoms with E-state index in [1.807, 2.05) is 79.7 Å². The molecule has 0 bridgehead atoms. The second kappa shape index (κ2) is 8.39. The summed E-state index contributed by atoms with van der Waals surface area (Å²) in [5, 5.41) is 4.32. The van der Waals surface area contributed by atoms with Crippen LogP contribution in [-0.2, 0) is 4.79 Å². The number of aryl methyl sites for hydroxylation is 1. The highest BCUT2D eigenvalue weighted by Crippen LogP contribution is 2.30. The molecule has 4 heteroatoms. The lowest BCUT2D eigenvalue weighted by Crippen LogP contribution is -2.16. The van der Waals surface area contributed by atoms with Gasteiger partial charge in [-0.1, -0.05) is 65.2 Å². The summed E-state index contributed by atoms with van der Waals surface area (Å²) in [4.78, 5) is 12.6. The predicted molar refractivity (Wildman–Crippen MR) is 109 cm³/mol. The zero-order chi connectivity index (χ0) is 18.5. The molecular formula is C22H19Cl2NO. The van der Waals surface area contributed by atoms with E-state index >= 15 is 0 Å². The highest BCUT2D eigenvalue weighted by Gasteiger charge is 2.18. The predicted octanol–water partition coefficient (Wildman–Crippen LogP) is 6.46. The molecule has 0 fully saturated rings. The van der Waals surface area contributed by atoms with Crippen molar-refractivity contribution in [3.05, 3.63) is 99.5 Å². The molecule has 0 heterocycles. The Morgan fingerprint density at radius 3 is 1.73 bits per heavy atom. The molecule has 26 heavy (non-hydrogen) atoms. The van der Waals surface area contributed by atoms with Gasteiger partial charge in [0.15, 0.2) is 0 Å². The standard InChI is InChI=1S/C22H19Cl2NO/c1-15-2-12-20(13-3-15)25-22(26)14-21(16-4-8-18(23)9-5-16)17-6-10-19(24)11-7-17/h2-13,21H,14H2,1H3,(H,25,26). The first-order valence-electron chi connectivity index (χ1n) is 8.39. The number of carbonyl (C=O) groups is 1. The maximum absolute atomic E-state index is 12.6. The third-order valence-corrected chi connectivity index (χ3v) is 4.77. The zero-order valence-corrected chi connectivity index (χ0v) is 15.9. The summed E-state index contributed by atoms with van der Waals surface area (Å²) < 4.78 is 0. The van der Waals surface area contributed by atoms with Crippen molar-refractivity contribution in [2.75, 3.05) is 5.32 Å². The van der Waals surface area contributed by atoms with Crippen molar-refractivity contribution in [1.82, 2.24) is 0 Å². The van der Waals surface area contributed by atoms with Crippen LogP contribution in [0, 0.1) is 6.92 Å². The molecule has 3 aromatic carbocycles. The van der Waals surface area contributed by atoms with Crippen LogP contribution in [0.25, 0.3) is 0 Å². The minimum atomic E-state index is -0.0741. The lowest BCUT2D eigenvalue weighted by atomic mass is 9.88. The number of hydrogen-bond acceptors (Lipinski definition) is 1. The Morgan fingerprint density at radius 1 is 0.808 bits per heavy atom. The van der Waals surface area contributed by atoms with Crippen molar-refractivity contribution in [1.29, 1.82) is 0 Å². The van der Waals surface area contributed by atoms with Crippen LogP contribution >= 0.6 is 23.2 Å². The van der Waals surface area contributed by atoms with Gasteiger partial charge in [-0.2, -0.15) is 0 Å². The van der Waals surface area contributed by atoms with Crippen LogP contribution in [0.2, 0.25) is 10.0 Å². The highest BCUT2D eigenvalue weighted by atomic mass is 35.5. The van der Waals surface area contributed by atoms with Crippen LogP contribution in [0.5, 0.6) is 0 Å². The first kappa shape index (κ1) is 18.5. The molecule has 3 rings (SSSR count). The van der Waals surface area contributed by atoms with Gasteiger partial charge in [-0.15, -0.1) is 0 Å². The van der Waals surface area contributed by atoms with Crippen LogP contribution in [0.15, 0.2) is 72.8 Å². The molecule has 1 N–H and O–H groups in total. The highest BCUT2D eigenvalue weighted by molar-refractivity contribution is 6.30. The van der Waals surface area contributed by atoms with Gasteiger partial charge in [-0.25, -0.2) is 0 Å². The normalized spacial score (nSPS) is 10.8. The van der Waals surface area contributed by atoms with Gasteiger partial charge in [0.05, 0.1) is 0 Å². The van der Waals surface area contributed by atoms with Crippen molar-refractivity contribution in [2.24, 2.45) is 0 Å². The summed E-state index contributed by atoms with van der Waals surface area (Å²) in [5.41, 5.74) is 4.03. The molecular weight excluding hydrogens is 365 g/mol. The summed E-state index contributed by atoms with van der Waals surface area (Å²) in [6.07, 6.45) is 0.330. The fraction of sp³-hybridized carbons (Fsp3) is 0.136. The van der Waals surface area contributed by atoms with Crippen LogP contribution in [0.3, 0.4) is 0 Å². The van der Waals surface area contributed by atoms with E-state index in [0.717, 1.165) is 22.4 Å². The van der Waals surface area contributed by atoms with Gasteiger partial charge in [0, 0.05) is 28.1 Å². The number of benzene rings is 3. The lowest BCUT2D eigenvalue weighted by Gasteiger charge is -2.18. The van der Waals surface area contributed by atoms with E-state index < -0.39 is 0 Å². The van der Waals surface area contributed by atoms with E-state index in [-0.39, 0.29) is 11.8 Å². The fourth-order valence-corrected chi connectivity index (χ4v) is 3.10. The number of hydrogen-bond donors (Lipinski definition) is 1. The Balaban J connectivity index is 1.83. The molecule has 1 amide bonds. The summed E-state index contributed by atoms with van der Waals surface area (Å²) >= 11 is 12.0. The van der Waals surface area contributed by atoms with E-state index in [9.17, 15) is 4.79 Å². The van der Waals surface area contributed by atoms with E-state index in [0.29, 0.717) is 16.5 Å². The topological polar surface area (TPSA) is 29.1 Å². The van der Waals surface area contributed by atoms with Crippen molar-refractivity contribution < 1.29 is 4.79 Å². The van der Waals surface area contributed by atoms with Crippen molar-refractivity contribution >= 4 is 34.8 Å². The maximum atomic E-state index is 12.6. The quantitative estimate of drug-likeness (QED) is 0.537. The lowest BCUT2D eigenvalue weighted by molar-refractivity contribution is -0.116. The van der Waals surface area contributed by atoms with E-state index in [1.54, 1.807) is 0 Å². The molecule has 0 unspecified atom stereocenters. The molecule has 0 aliphatic heterocycles. The Kier molecular flexibility index (Phi) is 5.97. The van der Waals surface area contributed by atoms with Crippen molar-refractivity contribution in [3.8, 4) is 0 Å². The third kappa shape index (κ3) is 4.87. The molecule has 0 saturated heterocycles. The minimum Gasteiger partial charge on any atom is -0.326 e. The van der Waals surface area contributed by atoms with Gasteiger partial charge in [-0.05, 0) is 54.4 Å². The van der Waals surface area contributed by atoms with Gasteiger partial charge < -0.3 is 5.32 Å². The average Bonchev–Trinajstić information content (AvgIpc) is 2.63. The molecule has 0 atom stereocenters. The molecule has 2 nitrogen and oxygen atoms in total. The molecule has 0 spiro atoms. The summed E-state index contributed by atoms with van der Waals surface area (Å²) in [6.45, 7) is 2.02. The second-order valence-electron chi connectivity index (χ2n) is 6.27. The Labute approximate surface area is 163 Å². The number of nitrogens with one attached hydrogen (secondary N) is 1.